The number of carbonyl (C=O) groups excluding carboxylic acids is 1. The molecule has 0 radical (unpaired) electrons. The van der Waals surface area contributed by atoms with Crippen molar-refractivity contribution in [1.29, 1.82) is 0 Å². The number of nitrogens with zero attached hydrogens (tertiary/aromatic N) is 1. The molecule has 0 fully saturated rings. The molecule has 0 rings (SSSR count). The molecule has 3 atom stereocenters. The summed E-state index contributed by atoms with van der Waals surface area (Å²) in [6, 6.07) is -0.795. The Labute approximate surface area is 431 Å². The van der Waals surface area contributed by atoms with Gasteiger partial charge in [-0.25, -0.2) is 0 Å². The third kappa shape index (κ3) is 55.1. The summed E-state index contributed by atoms with van der Waals surface area (Å²) in [6.45, 7) is 4.79. The van der Waals surface area contributed by atoms with E-state index in [4.69, 9.17) is 9.05 Å². The number of aliphatic hydroxyl groups excluding tert-OH is 1. The van der Waals surface area contributed by atoms with E-state index in [1.54, 1.807) is 0 Å². The number of nitrogens with one attached hydrogen (secondary N) is 1. The Morgan fingerprint density at radius 3 is 0.986 bits per heavy atom. The van der Waals surface area contributed by atoms with Crippen molar-refractivity contribution >= 4 is 13.7 Å². The van der Waals surface area contributed by atoms with Gasteiger partial charge >= 0.3 is 0 Å². The van der Waals surface area contributed by atoms with E-state index in [2.05, 4.69) is 19.2 Å². The van der Waals surface area contributed by atoms with Crippen molar-refractivity contribution in [3.8, 4) is 0 Å². The lowest BCUT2D eigenvalue weighted by Gasteiger charge is -2.30. The fourth-order valence-corrected chi connectivity index (χ4v) is 10.5. The Morgan fingerprint density at radius 2 is 0.710 bits per heavy atom. The Kier molecular flexibility index (Phi) is 52.0. The van der Waals surface area contributed by atoms with Gasteiger partial charge in [0.2, 0.25) is 5.91 Å². The predicted octanol–water partition coefficient (Wildman–Crippen LogP) is 18.2. The SMILES string of the molecule is CCCCCCCCCCCCCCCCCCCCCCCCCCCCCCC(O)C(COP(=O)([O-])OCC[N+](C)(C)C)NC(=O)CCCCCCCCCCCCCCCCCCCCC. The zero-order valence-electron chi connectivity index (χ0n) is 47.3. The number of unbranched alkanes of at least 4 members (excludes halogenated alkanes) is 45. The zero-order chi connectivity index (χ0) is 50.6. The average Bonchev–Trinajstić information content (AvgIpc) is 3.31. The van der Waals surface area contributed by atoms with Crippen LogP contribution in [0, 0.1) is 0 Å². The van der Waals surface area contributed by atoms with Crippen molar-refractivity contribution in [2.45, 2.75) is 341 Å². The summed E-state index contributed by atoms with van der Waals surface area (Å²) < 4.78 is 23.5. The molecule has 0 aliphatic rings. The molecule has 2 N–H and O–H groups in total. The zero-order valence-corrected chi connectivity index (χ0v) is 48.2. The number of phosphoric ester groups is 1. The summed E-state index contributed by atoms with van der Waals surface area (Å²) in [6.07, 6.45) is 62.9. The largest absolute Gasteiger partial charge is 0.756 e. The van der Waals surface area contributed by atoms with Crippen molar-refractivity contribution < 1.29 is 32.9 Å². The second-order valence-corrected chi connectivity index (χ2v) is 24.2. The van der Waals surface area contributed by atoms with Crippen LogP contribution in [0.4, 0.5) is 0 Å². The summed E-state index contributed by atoms with van der Waals surface area (Å²) in [5.74, 6) is -0.156. The van der Waals surface area contributed by atoms with Crippen LogP contribution in [0.15, 0.2) is 0 Å². The second-order valence-electron chi connectivity index (χ2n) is 22.8. The fraction of sp³-hybridized carbons (Fsp3) is 0.983. The minimum absolute atomic E-state index is 0.0168. The molecule has 1 amide bonds. The summed E-state index contributed by atoms with van der Waals surface area (Å²) in [5.41, 5.74) is 0. The highest BCUT2D eigenvalue weighted by Crippen LogP contribution is 2.38. The Balaban J connectivity index is 4.05. The molecular weight excluding hydrogens is 876 g/mol. The van der Waals surface area contributed by atoms with Crippen LogP contribution in [0.25, 0.3) is 0 Å². The van der Waals surface area contributed by atoms with Crippen LogP contribution in [0.3, 0.4) is 0 Å². The van der Waals surface area contributed by atoms with E-state index in [0.717, 1.165) is 38.5 Å². The molecule has 0 heterocycles. The van der Waals surface area contributed by atoms with Crippen LogP contribution in [-0.4, -0.2) is 68.5 Å². The monoisotopic (exact) mass is 999 g/mol. The number of likely N-dealkylation sites (N-methyl/N-ethyl adjacent to an activating group) is 1. The molecule has 69 heavy (non-hydrogen) atoms. The third-order valence-electron chi connectivity index (χ3n) is 14.6. The first-order valence-electron chi connectivity index (χ1n) is 30.9. The molecule has 414 valence electrons. The molecule has 0 bridgehead atoms. The van der Waals surface area contributed by atoms with E-state index in [0.29, 0.717) is 23.9 Å². The van der Waals surface area contributed by atoms with Crippen molar-refractivity contribution in [2.75, 3.05) is 40.9 Å². The predicted molar refractivity (Wildman–Crippen MR) is 298 cm³/mol. The maximum Gasteiger partial charge on any atom is 0.268 e. The normalized spacial score (nSPS) is 13.8. The number of hydrogen-bond acceptors (Lipinski definition) is 6. The minimum Gasteiger partial charge on any atom is -0.756 e. The molecule has 0 aliphatic heterocycles. The van der Waals surface area contributed by atoms with Gasteiger partial charge in [-0.3, -0.25) is 9.36 Å². The van der Waals surface area contributed by atoms with Crippen molar-refractivity contribution in [1.82, 2.24) is 5.32 Å². The van der Waals surface area contributed by atoms with Gasteiger partial charge in [-0.2, -0.15) is 0 Å². The quantitative estimate of drug-likeness (QED) is 0.0357. The molecule has 9 heteroatoms. The van der Waals surface area contributed by atoms with Gasteiger partial charge in [-0.05, 0) is 12.8 Å². The number of hydrogen-bond donors (Lipinski definition) is 2. The maximum absolute atomic E-state index is 13.0. The van der Waals surface area contributed by atoms with Crippen LogP contribution in [-0.2, 0) is 18.4 Å². The number of phosphoric acid groups is 1. The number of quaternary nitrogens is 1. The molecule has 0 saturated heterocycles. The first-order chi connectivity index (χ1) is 33.5. The molecule has 0 spiro atoms. The number of rotatable bonds is 58. The van der Waals surface area contributed by atoms with E-state index in [1.807, 2.05) is 21.1 Å². The van der Waals surface area contributed by atoms with Crippen LogP contribution >= 0.6 is 7.82 Å². The topological polar surface area (TPSA) is 108 Å². The highest BCUT2D eigenvalue weighted by Gasteiger charge is 2.24. The van der Waals surface area contributed by atoms with Crippen molar-refractivity contribution in [3.05, 3.63) is 0 Å². The number of aliphatic hydroxyl groups is 1. The van der Waals surface area contributed by atoms with Gasteiger partial charge in [-0.1, -0.05) is 309 Å². The van der Waals surface area contributed by atoms with Crippen LogP contribution < -0.4 is 10.2 Å². The molecule has 0 aromatic carbocycles. The molecule has 0 aromatic heterocycles. The average molecular weight is 1000 g/mol. The van der Waals surface area contributed by atoms with Crippen LogP contribution in [0.1, 0.15) is 328 Å². The van der Waals surface area contributed by atoms with Gasteiger partial charge in [0.25, 0.3) is 7.82 Å². The van der Waals surface area contributed by atoms with Gasteiger partial charge in [0.15, 0.2) is 0 Å². The first-order valence-corrected chi connectivity index (χ1v) is 32.3. The molecule has 0 aromatic rings. The van der Waals surface area contributed by atoms with Crippen LogP contribution in [0.5, 0.6) is 0 Å². The van der Waals surface area contributed by atoms with Gasteiger partial charge in [0, 0.05) is 6.42 Å². The number of carbonyl (C=O) groups is 1. The lowest BCUT2D eigenvalue weighted by Crippen LogP contribution is -2.46. The fourth-order valence-electron chi connectivity index (χ4n) is 9.75. The van der Waals surface area contributed by atoms with E-state index >= 15 is 0 Å². The highest BCUT2D eigenvalue weighted by atomic mass is 31.2. The summed E-state index contributed by atoms with van der Waals surface area (Å²) in [7, 11) is 1.33. The van der Waals surface area contributed by atoms with E-state index in [-0.39, 0.29) is 19.1 Å². The van der Waals surface area contributed by atoms with Gasteiger partial charge in [-0.15, -0.1) is 0 Å². The Morgan fingerprint density at radius 1 is 0.449 bits per heavy atom. The Bertz CT molecular complexity index is 1090. The van der Waals surface area contributed by atoms with E-state index < -0.39 is 20.0 Å². The summed E-state index contributed by atoms with van der Waals surface area (Å²) in [4.78, 5) is 25.6. The van der Waals surface area contributed by atoms with E-state index in [1.165, 1.54) is 263 Å². The van der Waals surface area contributed by atoms with Gasteiger partial charge in [0.05, 0.1) is 39.9 Å². The second kappa shape index (κ2) is 52.4. The molecular formula is C60H123N2O6P. The van der Waals surface area contributed by atoms with E-state index in [9.17, 15) is 19.4 Å². The standard InChI is InChI=1S/C60H123N2O6P/c1-6-8-10-12-14-16-18-20-22-24-26-27-28-29-30-31-32-33-34-36-37-39-41-43-45-47-49-51-53-59(63)58(57-68-69(65,66)67-56-55-62(3,4)5)61-60(64)54-52-50-48-46-44-42-40-38-35-25-23-21-19-17-15-13-11-9-7-2/h58-59,63H,6-57H2,1-5H3,(H-,61,64,65,66). The maximum atomic E-state index is 13.0. The summed E-state index contributed by atoms with van der Waals surface area (Å²) >= 11 is 0. The van der Waals surface area contributed by atoms with Crippen molar-refractivity contribution in [2.24, 2.45) is 0 Å². The molecule has 0 saturated carbocycles. The lowest BCUT2D eigenvalue weighted by atomic mass is 10.0. The third-order valence-corrected chi connectivity index (χ3v) is 15.6. The van der Waals surface area contributed by atoms with Gasteiger partial charge in [0.1, 0.15) is 13.2 Å². The molecule has 8 nitrogen and oxygen atoms in total. The minimum atomic E-state index is -4.57. The first kappa shape index (κ1) is 68.5. The Hall–Kier alpha value is -0.500. The summed E-state index contributed by atoms with van der Waals surface area (Å²) in [5, 5.41) is 14.1. The van der Waals surface area contributed by atoms with Gasteiger partial charge < -0.3 is 28.8 Å². The van der Waals surface area contributed by atoms with Crippen LogP contribution in [0.2, 0.25) is 0 Å². The molecule has 3 unspecified atom stereocenters. The van der Waals surface area contributed by atoms with Crippen molar-refractivity contribution in [3.63, 3.8) is 0 Å². The highest BCUT2D eigenvalue weighted by molar-refractivity contribution is 7.45. The molecule has 0 aliphatic carbocycles. The lowest BCUT2D eigenvalue weighted by molar-refractivity contribution is -0.870. The smallest absolute Gasteiger partial charge is 0.268 e. The number of amides is 1.